The summed E-state index contributed by atoms with van der Waals surface area (Å²) in [5.74, 6) is 1.54. The zero-order valence-electron chi connectivity index (χ0n) is 13.9. The molecule has 1 saturated carbocycles. The standard InChI is InChI=1S/C18H26N2O.ClH/c1-4-11-20-14(3)13(2)16-9-10-19-18(17(16)20)21-12-15-7-5-6-8-15;/h9-10,15H,4-8,11-12H2,1-3H3;1H. The van der Waals surface area contributed by atoms with Gasteiger partial charge in [0.2, 0.25) is 5.88 Å². The lowest BCUT2D eigenvalue weighted by molar-refractivity contribution is 0.245. The molecule has 2 aromatic heterocycles. The Hall–Kier alpha value is -1.22. The number of hydrogen-bond donors (Lipinski definition) is 0. The van der Waals surface area contributed by atoms with E-state index in [1.807, 2.05) is 6.20 Å². The summed E-state index contributed by atoms with van der Waals surface area (Å²) in [7, 11) is 0. The van der Waals surface area contributed by atoms with Crippen molar-refractivity contribution in [2.45, 2.75) is 59.4 Å². The molecule has 1 aliphatic carbocycles. The normalized spacial score (nSPS) is 15.2. The van der Waals surface area contributed by atoms with Gasteiger partial charge < -0.3 is 9.30 Å². The third kappa shape index (κ3) is 3.10. The number of ether oxygens (including phenoxy) is 1. The minimum atomic E-state index is 0. The maximum Gasteiger partial charge on any atom is 0.238 e. The molecule has 0 N–H and O–H groups in total. The topological polar surface area (TPSA) is 27.1 Å². The van der Waals surface area contributed by atoms with Gasteiger partial charge in [-0.15, -0.1) is 12.4 Å². The predicted molar refractivity (Wildman–Crippen MR) is 94.2 cm³/mol. The molecule has 0 unspecified atom stereocenters. The molecule has 22 heavy (non-hydrogen) atoms. The van der Waals surface area contributed by atoms with E-state index in [4.69, 9.17) is 4.74 Å². The van der Waals surface area contributed by atoms with Crippen molar-refractivity contribution in [3.63, 3.8) is 0 Å². The van der Waals surface area contributed by atoms with Gasteiger partial charge in [-0.1, -0.05) is 19.8 Å². The van der Waals surface area contributed by atoms with Gasteiger partial charge in [-0.05, 0) is 50.7 Å². The number of aromatic nitrogens is 2. The lowest BCUT2D eigenvalue weighted by atomic mass is 10.1. The highest BCUT2D eigenvalue weighted by molar-refractivity contribution is 5.88. The molecule has 0 saturated heterocycles. The average molecular weight is 323 g/mol. The van der Waals surface area contributed by atoms with Gasteiger partial charge in [0.05, 0.1) is 6.61 Å². The minimum absolute atomic E-state index is 0. The molecule has 122 valence electrons. The molecule has 3 nitrogen and oxygen atoms in total. The number of pyridine rings is 1. The van der Waals surface area contributed by atoms with Crippen LogP contribution in [0.3, 0.4) is 0 Å². The highest BCUT2D eigenvalue weighted by Gasteiger charge is 2.19. The number of rotatable bonds is 5. The number of fused-ring (bicyclic) bond motifs is 1. The van der Waals surface area contributed by atoms with E-state index in [0.717, 1.165) is 31.4 Å². The summed E-state index contributed by atoms with van der Waals surface area (Å²) in [6.45, 7) is 8.47. The maximum atomic E-state index is 6.13. The Labute approximate surface area is 139 Å². The van der Waals surface area contributed by atoms with E-state index in [0.29, 0.717) is 0 Å². The highest BCUT2D eigenvalue weighted by atomic mass is 35.5. The average Bonchev–Trinajstić information content (AvgIpc) is 3.09. The number of halogens is 1. The molecule has 0 bridgehead atoms. The van der Waals surface area contributed by atoms with Gasteiger partial charge in [-0.25, -0.2) is 4.98 Å². The zero-order valence-corrected chi connectivity index (χ0v) is 14.7. The predicted octanol–water partition coefficient (Wildman–Crippen LogP) is 5.05. The first-order valence-corrected chi connectivity index (χ1v) is 8.29. The molecular weight excluding hydrogens is 296 g/mol. The van der Waals surface area contributed by atoms with Crippen molar-refractivity contribution in [2.75, 3.05) is 6.61 Å². The van der Waals surface area contributed by atoms with E-state index >= 15 is 0 Å². The van der Waals surface area contributed by atoms with Crippen LogP contribution >= 0.6 is 12.4 Å². The Bertz CT molecular complexity index is 630. The van der Waals surface area contributed by atoms with Crippen molar-refractivity contribution in [3.8, 4) is 5.88 Å². The second-order valence-electron chi connectivity index (χ2n) is 6.34. The van der Waals surface area contributed by atoms with Crippen LogP contribution in [0.4, 0.5) is 0 Å². The van der Waals surface area contributed by atoms with Crippen LogP contribution < -0.4 is 4.74 Å². The monoisotopic (exact) mass is 322 g/mol. The Morgan fingerprint density at radius 1 is 1.27 bits per heavy atom. The van der Waals surface area contributed by atoms with E-state index in [1.165, 1.54) is 47.8 Å². The lowest BCUT2D eigenvalue weighted by Gasteiger charge is -2.13. The van der Waals surface area contributed by atoms with Gasteiger partial charge in [-0.3, -0.25) is 0 Å². The van der Waals surface area contributed by atoms with Gasteiger partial charge in [0.15, 0.2) is 0 Å². The summed E-state index contributed by atoms with van der Waals surface area (Å²) in [6.07, 6.45) is 8.34. The van der Waals surface area contributed by atoms with Crippen LogP contribution in [0.1, 0.15) is 50.3 Å². The maximum absolute atomic E-state index is 6.13. The van der Waals surface area contributed by atoms with Gasteiger partial charge in [0, 0.05) is 23.8 Å². The second kappa shape index (κ2) is 7.36. The summed E-state index contributed by atoms with van der Waals surface area (Å²) in [5.41, 5.74) is 3.88. The molecule has 0 atom stereocenters. The molecule has 0 amide bonds. The van der Waals surface area contributed by atoms with Crippen LogP contribution in [0.2, 0.25) is 0 Å². The van der Waals surface area contributed by atoms with Crippen molar-refractivity contribution >= 4 is 23.3 Å². The molecule has 3 rings (SSSR count). The summed E-state index contributed by atoms with van der Waals surface area (Å²) < 4.78 is 8.50. The van der Waals surface area contributed by atoms with Crippen molar-refractivity contribution in [3.05, 3.63) is 23.5 Å². The Balaban J connectivity index is 0.00000176. The summed E-state index contributed by atoms with van der Waals surface area (Å²) in [6, 6.07) is 2.12. The van der Waals surface area contributed by atoms with Crippen LogP contribution in [-0.4, -0.2) is 16.2 Å². The number of hydrogen-bond acceptors (Lipinski definition) is 2. The molecule has 1 fully saturated rings. The van der Waals surface area contributed by atoms with Gasteiger partial charge in [0.25, 0.3) is 0 Å². The molecule has 0 radical (unpaired) electrons. The van der Waals surface area contributed by atoms with E-state index in [1.54, 1.807) is 0 Å². The Morgan fingerprint density at radius 3 is 2.68 bits per heavy atom. The highest BCUT2D eigenvalue weighted by Crippen LogP contribution is 2.32. The third-order valence-corrected chi connectivity index (χ3v) is 4.89. The van der Waals surface area contributed by atoms with Gasteiger partial charge in [0.1, 0.15) is 5.52 Å². The van der Waals surface area contributed by atoms with Crippen LogP contribution in [0.5, 0.6) is 5.88 Å². The molecule has 2 heterocycles. The van der Waals surface area contributed by atoms with E-state index in [2.05, 4.69) is 36.4 Å². The molecule has 1 aliphatic rings. The van der Waals surface area contributed by atoms with E-state index < -0.39 is 0 Å². The Morgan fingerprint density at radius 2 is 2.00 bits per heavy atom. The summed E-state index contributed by atoms with van der Waals surface area (Å²) in [4.78, 5) is 4.52. The molecule has 4 heteroatoms. The fourth-order valence-corrected chi connectivity index (χ4v) is 3.55. The SMILES string of the molecule is CCCn1c(C)c(C)c2ccnc(OCC3CCCC3)c21.Cl. The van der Waals surface area contributed by atoms with E-state index in [9.17, 15) is 0 Å². The largest absolute Gasteiger partial charge is 0.476 e. The third-order valence-electron chi connectivity index (χ3n) is 4.89. The first-order valence-electron chi connectivity index (χ1n) is 8.29. The van der Waals surface area contributed by atoms with E-state index in [-0.39, 0.29) is 12.4 Å². The van der Waals surface area contributed by atoms with Crippen molar-refractivity contribution in [1.29, 1.82) is 0 Å². The van der Waals surface area contributed by atoms with Crippen molar-refractivity contribution in [1.82, 2.24) is 9.55 Å². The fourth-order valence-electron chi connectivity index (χ4n) is 3.55. The van der Waals surface area contributed by atoms with Crippen LogP contribution in [0.15, 0.2) is 12.3 Å². The molecular formula is C18H27ClN2O. The first-order chi connectivity index (χ1) is 10.2. The fraction of sp³-hybridized carbons (Fsp3) is 0.611. The number of aryl methyl sites for hydroxylation is 2. The summed E-state index contributed by atoms with van der Waals surface area (Å²) >= 11 is 0. The van der Waals surface area contributed by atoms with Crippen molar-refractivity contribution in [2.24, 2.45) is 5.92 Å². The first kappa shape index (κ1) is 17.1. The van der Waals surface area contributed by atoms with Gasteiger partial charge >= 0.3 is 0 Å². The quantitative estimate of drug-likeness (QED) is 0.769. The lowest BCUT2D eigenvalue weighted by Crippen LogP contribution is -2.10. The zero-order chi connectivity index (χ0) is 14.8. The summed E-state index contributed by atoms with van der Waals surface area (Å²) in [5, 5.41) is 1.29. The van der Waals surface area contributed by atoms with Gasteiger partial charge in [-0.2, -0.15) is 0 Å². The Kier molecular flexibility index (Phi) is 5.74. The molecule has 2 aromatic rings. The second-order valence-corrected chi connectivity index (χ2v) is 6.34. The van der Waals surface area contributed by atoms with Crippen LogP contribution in [-0.2, 0) is 6.54 Å². The van der Waals surface area contributed by atoms with Crippen molar-refractivity contribution < 1.29 is 4.74 Å². The minimum Gasteiger partial charge on any atom is -0.476 e. The molecule has 0 aliphatic heterocycles. The molecule has 0 aromatic carbocycles. The number of nitrogens with zero attached hydrogens (tertiary/aromatic N) is 2. The van der Waals surface area contributed by atoms with Crippen LogP contribution in [0.25, 0.3) is 10.9 Å². The molecule has 0 spiro atoms. The van der Waals surface area contributed by atoms with Crippen LogP contribution in [0, 0.1) is 19.8 Å². The smallest absolute Gasteiger partial charge is 0.238 e.